The second-order valence-electron chi connectivity index (χ2n) is 5.26. The number of rotatable bonds is 6. The van der Waals surface area contributed by atoms with Gasteiger partial charge in [0.15, 0.2) is 6.10 Å². The number of ether oxygens (including phenoxy) is 1. The first-order chi connectivity index (χ1) is 9.31. The topological polar surface area (TPSA) is 58.6 Å². The number of aliphatic hydroxyl groups is 1. The average molecular weight is 283 g/mol. The Labute approximate surface area is 119 Å². The Morgan fingerprint density at radius 3 is 2.55 bits per heavy atom. The Kier molecular flexibility index (Phi) is 5.95. The first-order valence-corrected chi connectivity index (χ1v) is 6.73. The van der Waals surface area contributed by atoms with Crippen molar-refractivity contribution in [1.29, 1.82) is 0 Å². The molecule has 0 aromatic heterocycles. The predicted molar refractivity (Wildman–Crippen MR) is 75.0 cm³/mol. The van der Waals surface area contributed by atoms with Gasteiger partial charge in [-0.1, -0.05) is 13.8 Å². The van der Waals surface area contributed by atoms with Crippen LogP contribution >= 0.6 is 0 Å². The molecule has 2 atom stereocenters. The minimum Gasteiger partial charge on any atom is -0.480 e. The van der Waals surface area contributed by atoms with Gasteiger partial charge in [0.2, 0.25) is 0 Å². The minimum atomic E-state index is -0.795. The van der Waals surface area contributed by atoms with Crippen LogP contribution in [-0.4, -0.2) is 23.7 Å². The number of benzene rings is 1. The summed E-state index contributed by atoms with van der Waals surface area (Å²) in [4.78, 5) is 11.8. The van der Waals surface area contributed by atoms with Gasteiger partial charge in [-0.2, -0.15) is 0 Å². The van der Waals surface area contributed by atoms with E-state index >= 15 is 0 Å². The predicted octanol–water partition coefficient (Wildman–Crippen LogP) is 2.42. The Hall–Kier alpha value is -1.62. The van der Waals surface area contributed by atoms with Crippen LogP contribution in [0.2, 0.25) is 0 Å². The maximum absolute atomic E-state index is 13.3. The highest BCUT2D eigenvalue weighted by Crippen LogP contribution is 2.26. The monoisotopic (exact) mass is 283 g/mol. The van der Waals surface area contributed by atoms with Crippen molar-refractivity contribution in [3.05, 3.63) is 29.6 Å². The molecule has 1 rings (SSSR count). The molecule has 0 aliphatic heterocycles. The molecule has 0 aliphatic rings. The summed E-state index contributed by atoms with van der Waals surface area (Å²) >= 11 is 0. The summed E-state index contributed by atoms with van der Waals surface area (Å²) in [6.45, 7) is 7.68. The van der Waals surface area contributed by atoms with Gasteiger partial charge in [0, 0.05) is 18.2 Å². The Bertz CT molecular complexity index is 460. The van der Waals surface area contributed by atoms with Gasteiger partial charge in [-0.05, 0) is 31.9 Å². The lowest BCUT2D eigenvalue weighted by atomic mass is 10.1. The molecular weight excluding hydrogens is 261 g/mol. The molecule has 4 nitrogen and oxygen atoms in total. The molecule has 112 valence electrons. The fraction of sp³-hybridized carbons (Fsp3) is 0.533. The summed E-state index contributed by atoms with van der Waals surface area (Å²) in [5, 5.41) is 12.4. The summed E-state index contributed by atoms with van der Waals surface area (Å²) in [5.41, 5.74) is 0.454. The van der Waals surface area contributed by atoms with E-state index in [0.29, 0.717) is 18.0 Å². The number of hydrogen-bond donors (Lipinski definition) is 2. The van der Waals surface area contributed by atoms with E-state index in [1.54, 1.807) is 13.8 Å². The van der Waals surface area contributed by atoms with Crippen molar-refractivity contribution >= 4 is 5.91 Å². The van der Waals surface area contributed by atoms with Gasteiger partial charge < -0.3 is 15.2 Å². The molecule has 0 radical (unpaired) electrons. The molecule has 0 aliphatic carbocycles. The van der Waals surface area contributed by atoms with Crippen molar-refractivity contribution in [2.24, 2.45) is 5.92 Å². The number of halogens is 1. The first-order valence-electron chi connectivity index (χ1n) is 6.73. The lowest BCUT2D eigenvalue weighted by molar-refractivity contribution is -0.127. The van der Waals surface area contributed by atoms with Crippen molar-refractivity contribution in [3.63, 3.8) is 0 Å². The molecule has 0 heterocycles. The standard InChI is InChI=1S/C15H22FNO3/c1-9(2)8-17-15(19)11(4)20-14-7-12(16)5-6-13(14)10(3)18/h5-7,9-11,18H,8H2,1-4H3,(H,17,19)/t10-,11?/m1/s1. The summed E-state index contributed by atoms with van der Waals surface area (Å²) in [5.74, 6) is -0.209. The third-order valence-corrected chi connectivity index (χ3v) is 2.78. The number of amides is 1. The van der Waals surface area contributed by atoms with Crippen LogP contribution in [0.3, 0.4) is 0 Å². The van der Waals surface area contributed by atoms with Gasteiger partial charge in [-0.15, -0.1) is 0 Å². The van der Waals surface area contributed by atoms with Gasteiger partial charge in [-0.3, -0.25) is 4.79 Å². The van der Waals surface area contributed by atoms with E-state index in [4.69, 9.17) is 4.74 Å². The molecule has 1 aromatic rings. The molecular formula is C15H22FNO3. The van der Waals surface area contributed by atoms with Crippen LogP contribution in [0.5, 0.6) is 5.75 Å². The third kappa shape index (κ3) is 4.81. The lowest BCUT2D eigenvalue weighted by Crippen LogP contribution is -2.38. The van der Waals surface area contributed by atoms with Crippen LogP contribution in [0.25, 0.3) is 0 Å². The zero-order chi connectivity index (χ0) is 15.3. The minimum absolute atomic E-state index is 0.187. The zero-order valence-corrected chi connectivity index (χ0v) is 12.3. The molecule has 1 aromatic carbocycles. The summed E-state index contributed by atoms with van der Waals surface area (Å²) in [6, 6.07) is 3.88. The van der Waals surface area contributed by atoms with Crippen LogP contribution in [-0.2, 0) is 4.79 Å². The van der Waals surface area contributed by atoms with Crippen LogP contribution in [0.4, 0.5) is 4.39 Å². The number of aliphatic hydroxyl groups excluding tert-OH is 1. The van der Waals surface area contributed by atoms with E-state index in [-0.39, 0.29) is 11.7 Å². The second-order valence-corrected chi connectivity index (χ2v) is 5.26. The van der Waals surface area contributed by atoms with E-state index in [1.165, 1.54) is 18.2 Å². The Morgan fingerprint density at radius 2 is 2.00 bits per heavy atom. The van der Waals surface area contributed by atoms with Crippen molar-refractivity contribution in [1.82, 2.24) is 5.32 Å². The smallest absolute Gasteiger partial charge is 0.260 e. The molecule has 0 saturated heterocycles. The molecule has 20 heavy (non-hydrogen) atoms. The second kappa shape index (κ2) is 7.24. The van der Waals surface area contributed by atoms with Crippen molar-refractivity contribution in [2.45, 2.75) is 39.9 Å². The molecule has 1 amide bonds. The van der Waals surface area contributed by atoms with Crippen LogP contribution in [0, 0.1) is 11.7 Å². The highest BCUT2D eigenvalue weighted by Gasteiger charge is 2.18. The van der Waals surface area contributed by atoms with E-state index in [1.807, 2.05) is 13.8 Å². The SMILES string of the molecule is CC(C)CNC(=O)C(C)Oc1cc(F)ccc1[C@@H](C)O. The number of hydrogen-bond acceptors (Lipinski definition) is 3. The molecule has 0 bridgehead atoms. The van der Waals surface area contributed by atoms with E-state index < -0.39 is 18.0 Å². The Balaban J connectivity index is 2.76. The van der Waals surface area contributed by atoms with Crippen molar-refractivity contribution in [2.75, 3.05) is 6.54 Å². The summed E-state index contributed by atoms with van der Waals surface area (Å²) in [7, 11) is 0. The number of nitrogens with one attached hydrogen (secondary N) is 1. The summed E-state index contributed by atoms with van der Waals surface area (Å²) < 4.78 is 18.7. The van der Waals surface area contributed by atoms with E-state index in [2.05, 4.69) is 5.32 Å². The highest BCUT2D eigenvalue weighted by atomic mass is 19.1. The van der Waals surface area contributed by atoms with E-state index in [0.717, 1.165) is 0 Å². The maximum atomic E-state index is 13.3. The summed E-state index contributed by atoms with van der Waals surface area (Å²) in [6.07, 6.45) is -1.55. The van der Waals surface area contributed by atoms with Crippen molar-refractivity contribution < 1.29 is 19.0 Å². The fourth-order valence-corrected chi connectivity index (χ4v) is 1.65. The Morgan fingerprint density at radius 1 is 1.35 bits per heavy atom. The van der Waals surface area contributed by atoms with Crippen molar-refractivity contribution in [3.8, 4) is 5.75 Å². The molecule has 0 spiro atoms. The average Bonchev–Trinajstić information content (AvgIpc) is 2.35. The van der Waals surface area contributed by atoms with Crippen LogP contribution in [0.1, 0.15) is 39.4 Å². The van der Waals surface area contributed by atoms with Gasteiger partial charge in [0.1, 0.15) is 11.6 Å². The maximum Gasteiger partial charge on any atom is 0.260 e. The molecule has 5 heteroatoms. The third-order valence-electron chi connectivity index (χ3n) is 2.78. The van der Waals surface area contributed by atoms with Crippen LogP contribution < -0.4 is 10.1 Å². The van der Waals surface area contributed by atoms with Gasteiger partial charge in [0.25, 0.3) is 5.91 Å². The number of carbonyl (C=O) groups is 1. The lowest BCUT2D eigenvalue weighted by Gasteiger charge is -2.19. The largest absolute Gasteiger partial charge is 0.480 e. The van der Waals surface area contributed by atoms with Crippen LogP contribution in [0.15, 0.2) is 18.2 Å². The fourth-order valence-electron chi connectivity index (χ4n) is 1.65. The molecule has 1 unspecified atom stereocenters. The molecule has 0 saturated carbocycles. The van der Waals surface area contributed by atoms with Gasteiger partial charge >= 0.3 is 0 Å². The molecule has 0 fully saturated rings. The first kappa shape index (κ1) is 16.4. The number of carbonyl (C=O) groups excluding carboxylic acids is 1. The zero-order valence-electron chi connectivity index (χ0n) is 12.3. The normalized spacial score (nSPS) is 13.9. The van der Waals surface area contributed by atoms with E-state index in [9.17, 15) is 14.3 Å². The van der Waals surface area contributed by atoms with Gasteiger partial charge in [0.05, 0.1) is 6.10 Å². The van der Waals surface area contributed by atoms with Gasteiger partial charge in [-0.25, -0.2) is 4.39 Å². The quantitative estimate of drug-likeness (QED) is 0.843. The molecule has 2 N–H and O–H groups in total. The highest BCUT2D eigenvalue weighted by molar-refractivity contribution is 5.80.